The quantitative estimate of drug-likeness (QED) is 0.251. The van der Waals surface area contributed by atoms with E-state index in [9.17, 15) is 23.1 Å². The first kappa shape index (κ1) is 34.7. The van der Waals surface area contributed by atoms with Crippen molar-refractivity contribution < 1.29 is 23.1 Å². The molecular weight excluding hydrogens is 564 g/mol. The van der Waals surface area contributed by atoms with Crippen LogP contribution in [0.2, 0.25) is 0 Å². The summed E-state index contributed by atoms with van der Waals surface area (Å²) in [4.78, 5) is 28.9. The molecule has 2 amide bonds. The standard InChI is InChI=1S/C33H50N4O5S/c1-5-25(3)22-37(43(41,42)28-17-11-8-12-18-28)23-30(38)29(21-27-15-9-7-10-16-27)34-33(40)32(26(4)6-2)35-31(39)24-36-19-13-14-20-36/h7-12,15-18,25-26,29-30,32,38H,5-6,13-14,19-24H2,1-4H3,(H,34,40)(H,35,39)/t25?,26-,29-,30+,32-/m0/s1. The number of aliphatic hydroxyl groups is 1. The van der Waals surface area contributed by atoms with Gasteiger partial charge in [-0.1, -0.05) is 89.1 Å². The zero-order valence-electron chi connectivity index (χ0n) is 26.1. The highest BCUT2D eigenvalue weighted by Gasteiger charge is 2.34. The predicted molar refractivity (Wildman–Crippen MR) is 170 cm³/mol. The molecule has 0 saturated carbocycles. The fourth-order valence-corrected chi connectivity index (χ4v) is 6.91. The Morgan fingerprint density at radius 3 is 2.09 bits per heavy atom. The molecule has 43 heavy (non-hydrogen) atoms. The van der Waals surface area contributed by atoms with Gasteiger partial charge >= 0.3 is 0 Å². The lowest BCUT2D eigenvalue weighted by Gasteiger charge is -2.33. The van der Waals surface area contributed by atoms with Gasteiger partial charge in [0.15, 0.2) is 0 Å². The Morgan fingerprint density at radius 2 is 1.51 bits per heavy atom. The number of amides is 2. The highest BCUT2D eigenvalue weighted by Crippen LogP contribution is 2.20. The molecule has 1 saturated heterocycles. The first-order valence-corrected chi connectivity index (χ1v) is 17.1. The van der Waals surface area contributed by atoms with Crippen molar-refractivity contribution in [1.82, 2.24) is 19.8 Å². The number of hydrogen-bond acceptors (Lipinski definition) is 6. The fourth-order valence-electron chi connectivity index (χ4n) is 5.31. The molecule has 2 aromatic carbocycles. The summed E-state index contributed by atoms with van der Waals surface area (Å²) >= 11 is 0. The van der Waals surface area contributed by atoms with E-state index in [4.69, 9.17) is 0 Å². The summed E-state index contributed by atoms with van der Waals surface area (Å²) in [5, 5.41) is 17.6. The van der Waals surface area contributed by atoms with Gasteiger partial charge in [0.25, 0.3) is 0 Å². The van der Waals surface area contributed by atoms with E-state index in [-0.39, 0.29) is 48.2 Å². The second-order valence-corrected chi connectivity index (χ2v) is 13.9. The van der Waals surface area contributed by atoms with Crippen molar-refractivity contribution in [3.05, 3.63) is 66.2 Å². The number of hydrogen-bond donors (Lipinski definition) is 3. The molecule has 1 heterocycles. The van der Waals surface area contributed by atoms with Crippen molar-refractivity contribution in [2.24, 2.45) is 11.8 Å². The normalized spacial score (nSPS) is 17.6. The number of likely N-dealkylation sites (tertiary alicyclic amines) is 1. The molecule has 1 unspecified atom stereocenters. The number of carbonyl (C=O) groups is 2. The minimum Gasteiger partial charge on any atom is -0.390 e. The number of sulfonamides is 1. The Kier molecular flexibility index (Phi) is 13.6. The number of aliphatic hydroxyl groups excluding tert-OH is 1. The van der Waals surface area contributed by atoms with Gasteiger partial charge in [0, 0.05) is 13.1 Å². The third kappa shape index (κ3) is 10.4. The van der Waals surface area contributed by atoms with Crippen molar-refractivity contribution >= 4 is 21.8 Å². The van der Waals surface area contributed by atoms with Gasteiger partial charge in [-0.05, 0) is 61.9 Å². The predicted octanol–water partition coefficient (Wildman–Crippen LogP) is 3.44. The highest BCUT2D eigenvalue weighted by molar-refractivity contribution is 7.89. The lowest BCUT2D eigenvalue weighted by molar-refractivity contribution is -0.131. The minimum atomic E-state index is -3.90. The third-order valence-electron chi connectivity index (χ3n) is 8.45. The van der Waals surface area contributed by atoms with Crippen LogP contribution in [-0.4, -0.2) is 85.5 Å². The molecule has 1 aliphatic heterocycles. The number of nitrogens with one attached hydrogen (secondary N) is 2. The van der Waals surface area contributed by atoms with Crippen molar-refractivity contribution in [2.75, 3.05) is 32.7 Å². The van der Waals surface area contributed by atoms with Crippen LogP contribution in [0, 0.1) is 11.8 Å². The first-order chi connectivity index (χ1) is 20.5. The Balaban J connectivity index is 1.85. The summed E-state index contributed by atoms with van der Waals surface area (Å²) in [5.74, 6) is -0.662. The van der Waals surface area contributed by atoms with Crippen LogP contribution in [0.3, 0.4) is 0 Å². The van der Waals surface area contributed by atoms with E-state index in [1.807, 2.05) is 58.0 Å². The number of nitrogens with zero attached hydrogens (tertiary/aromatic N) is 2. The molecule has 3 rings (SSSR count). The van der Waals surface area contributed by atoms with Crippen LogP contribution in [0.5, 0.6) is 0 Å². The van der Waals surface area contributed by atoms with Crippen molar-refractivity contribution in [2.45, 2.75) is 82.9 Å². The maximum absolute atomic E-state index is 13.8. The van der Waals surface area contributed by atoms with E-state index in [1.165, 1.54) is 4.31 Å². The number of rotatable bonds is 17. The van der Waals surface area contributed by atoms with Gasteiger partial charge in [-0.15, -0.1) is 0 Å². The second kappa shape index (κ2) is 16.9. The number of benzene rings is 2. The van der Waals surface area contributed by atoms with Gasteiger partial charge < -0.3 is 15.7 Å². The number of carbonyl (C=O) groups excluding carboxylic acids is 2. The van der Waals surface area contributed by atoms with Crippen LogP contribution < -0.4 is 10.6 Å². The van der Waals surface area contributed by atoms with Crippen LogP contribution in [0.25, 0.3) is 0 Å². The Hall–Kier alpha value is -2.79. The summed E-state index contributed by atoms with van der Waals surface area (Å²) in [5.41, 5.74) is 0.893. The molecule has 0 bridgehead atoms. The lowest BCUT2D eigenvalue weighted by Crippen LogP contribution is -2.57. The molecule has 0 spiro atoms. The molecule has 1 aliphatic rings. The van der Waals surface area contributed by atoms with Crippen molar-refractivity contribution in [1.29, 1.82) is 0 Å². The van der Waals surface area contributed by atoms with Gasteiger partial charge in [0.2, 0.25) is 21.8 Å². The molecule has 0 aromatic heterocycles. The van der Waals surface area contributed by atoms with E-state index in [2.05, 4.69) is 15.5 Å². The monoisotopic (exact) mass is 614 g/mol. The molecule has 1 fully saturated rings. The maximum Gasteiger partial charge on any atom is 0.243 e. The van der Waals surface area contributed by atoms with Crippen LogP contribution in [0.1, 0.15) is 58.9 Å². The van der Waals surface area contributed by atoms with Gasteiger partial charge in [-0.3, -0.25) is 14.5 Å². The van der Waals surface area contributed by atoms with Crippen LogP contribution in [0.15, 0.2) is 65.6 Å². The van der Waals surface area contributed by atoms with Gasteiger partial charge in [-0.2, -0.15) is 4.31 Å². The highest BCUT2D eigenvalue weighted by atomic mass is 32.2. The summed E-state index contributed by atoms with van der Waals surface area (Å²) in [6, 6.07) is 16.1. The summed E-state index contributed by atoms with van der Waals surface area (Å²) < 4.78 is 28.7. The minimum absolute atomic E-state index is 0.0634. The first-order valence-electron chi connectivity index (χ1n) is 15.6. The van der Waals surface area contributed by atoms with E-state index in [0.717, 1.165) is 37.9 Å². The lowest BCUT2D eigenvalue weighted by atomic mass is 9.96. The van der Waals surface area contributed by atoms with Crippen LogP contribution in [-0.2, 0) is 26.0 Å². The summed E-state index contributed by atoms with van der Waals surface area (Å²) in [6.45, 7) is 9.91. The van der Waals surface area contributed by atoms with Gasteiger partial charge in [-0.25, -0.2) is 8.42 Å². The smallest absolute Gasteiger partial charge is 0.243 e. The Bertz CT molecular complexity index is 1240. The maximum atomic E-state index is 13.8. The zero-order chi connectivity index (χ0) is 31.4. The molecule has 5 atom stereocenters. The van der Waals surface area contributed by atoms with Gasteiger partial charge in [0.1, 0.15) is 6.04 Å². The summed E-state index contributed by atoms with van der Waals surface area (Å²) in [6.07, 6.45) is 2.67. The SMILES string of the molecule is CCC(C)CN(C[C@@H](O)[C@H](Cc1ccccc1)NC(=O)[C@@H](NC(=O)CN1CCCC1)[C@@H](C)CC)S(=O)(=O)c1ccccc1. The molecule has 10 heteroatoms. The largest absolute Gasteiger partial charge is 0.390 e. The van der Waals surface area contributed by atoms with E-state index in [1.54, 1.807) is 30.3 Å². The fraction of sp³-hybridized carbons (Fsp3) is 0.576. The average molecular weight is 615 g/mol. The average Bonchev–Trinajstić information content (AvgIpc) is 3.52. The molecule has 3 N–H and O–H groups in total. The molecule has 238 valence electrons. The van der Waals surface area contributed by atoms with Gasteiger partial charge in [0.05, 0.1) is 23.6 Å². The topological polar surface area (TPSA) is 119 Å². The third-order valence-corrected chi connectivity index (χ3v) is 10.3. The van der Waals surface area contributed by atoms with Crippen molar-refractivity contribution in [3.63, 3.8) is 0 Å². The second-order valence-electron chi connectivity index (χ2n) is 11.9. The van der Waals surface area contributed by atoms with E-state index < -0.39 is 28.2 Å². The molecule has 0 radical (unpaired) electrons. The molecule has 0 aliphatic carbocycles. The van der Waals surface area contributed by atoms with Crippen LogP contribution in [0.4, 0.5) is 0 Å². The summed E-state index contributed by atoms with van der Waals surface area (Å²) in [7, 11) is -3.90. The zero-order valence-corrected chi connectivity index (χ0v) is 26.9. The molecule has 2 aromatic rings. The van der Waals surface area contributed by atoms with Crippen molar-refractivity contribution in [3.8, 4) is 0 Å². The Labute approximate surface area is 258 Å². The molecule has 9 nitrogen and oxygen atoms in total. The van der Waals surface area contributed by atoms with E-state index in [0.29, 0.717) is 12.8 Å². The Morgan fingerprint density at radius 1 is 0.907 bits per heavy atom. The molecular formula is C33H50N4O5S. The van der Waals surface area contributed by atoms with E-state index >= 15 is 0 Å². The van der Waals surface area contributed by atoms with Crippen LogP contribution >= 0.6 is 0 Å².